The molecule has 8 nitrogen and oxygen atoms in total. The van der Waals surface area contributed by atoms with Crippen molar-refractivity contribution in [2.75, 3.05) is 31.8 Å². The molecule has 1 saturated carbocycles. The number of hydrogen-bond acceptors (Lipinski definition) is 6. The van der Waals surface area contributed by atoms with Gasteiger partial charge in [-0.3, -0.25) is 9.48 Å². The summed E-state index contributed by atoms with van der Waals surface area (Å²) in [5.41, 5.74) is 1.70. The highest BCUT2D eigenvalue weighted by molar-refractivity contribution is 7.91. The third-order valence-corrected chi connectivity index (χ3v) is 5.06. The second kappa shape index (κ2) is 6.20. The van der Waals surface area contributed by atoms with E-state index in [1.807, 2.05) is 7.05 Å². The van der Waals surface area contributed by atoms with E-state index >= 15 is 0 Å². The van der Waals surface area contributed by atoms with Gasteiger partial charge in [-0.15, -0.1) is 5.10 Å². The van der Waals surface area contributed by atoms with Gasteiger partial charge in [-0.2, -0.15) is 0 Å². The summed E-state index contributed by atoms with van der Waals surface area (Å²) in [5.74, 6) is -0.259. The Morgan fingerprint density at radius 1 is 1.35 bits per heavy atom. The average Bonchev–Trinajstić information content (AvgIpc) is 3.20. The highest BCUT2D eigenvalue weighted by Gasteiger charge is 2.36. The van der Waals surface area contributed by atoms with Gasteiger partial charge < -0.3 is 9.64 Å². The van der Waals surface area contributed by atoms with Gasteiger partial charge in [0, 0.05) is 32.9 Å². The third-order valence-electron chi connectivity index (χ3n) is 4.29. The SMILES string of the molecule is Cn1nnc2c1CCN(C(=O)CS(C)(=O)=O)C2COCC1CC1. The number of aromatic nitrogens is 3. The van der Waals surface area contributed by atoms with Crippen molar-refractivity contribution in [3.8, 4) is 0 Å². The Morgan fingerprint density at radius 3 is 2.74 bits per heavy atom. The maximum absolute atomic E-state index is 12.4. The van der Waals surface area contributed by atoms with Crippen LogP contribution in [0.1, 0.15) is 30.3 Å². The second-order valence-electron chi connectivity index (χ2n) is 6.45. The van der Waals surface area contributed by atoms with Crippen LogP contribution in [0.5, 0.6) is 0 Å². The molecule has 2 heterocycles. The Labute approximate surface area is 135 Å². The number of aryl methyl sites for hydroxylation is 1. The molecule has 1 aromatic heterocycles. The van der Waals surface area contributed by atoms with E-state index in [0.717, 1.165) is 17.6 Å². The van der Waals surface area contributed by atoms with E-state index in [1.54, 1.807) is 9.58 Å². The predicted octanol–water partition coefficient (Wildman–Crippen LogP) is -0.288. The quantitative estimate of drug-likeness (QED) is 0.705. The standard InChI is InChI=1S/C14H22N4O4S/c1-17-11-5-6-18(13(19)9-23(2,20)21)12(14(11)15-16-17)8-22-7-10-3-4-10/h10,12H,3-9H2,1-2H3. The molecule has 3 rings (SSSR count). The summed E-state index contributed by atoms with van der Waals surface area (Å²) in [6.07, 6.45) is 4.07. The van der Waals surface area contributed by atoms with Crippen molar-refractivity contribution in [2.45, 2.75) is 25.3 Å². The van der Waals surface area contributed by atoms with Crippen LogP contribution in [0, 0.1) is 5.92 Å². The van der Waals surface area contributed by atoms with E-state index in [0.29, 0.717) is 32.1 Å². The zero-order valence-electron chi connectivity index (χ0n) is 13.4. The van der Waals surface area contributed by atoms with Crippen molar-refractivity contribution < 1.29 is 17.9 Å². The average molecular weight is 342 g/mol. The van der Waals surface area contributed by atoms with E-state index < -0.39 is 21.5 Å². The maximum atomic E-state index is 12.4. The number of sulfone groups is 1. The van der Waals surface area contributed by atoms with Gasteiger partial charge in [-0.05, 0) is 18.8 Å². The lowest BCUT2D eigenvalue weighted by atomic mass is 10.0. The second-order valence-corrected chi connectivity index (χ2v) is 8.59. The molecule has 2 aliphatic rings. The van der Waals surface area contributed by atoms with Gasteiger partial charge in [-0.25, -0.2) is 8.42 Å². The summed E-state index contributed by atoms with van der Waals surface area (Å²) in [6, 6.07) is -0.361. The first-order valence-electron chi connectivity index (χ1n) is 7.78. The Kier molecular flexibility index (Phi) is 4.41. The summed E-state index contributed by atoms with van der Waals surface area (Å²) in [6.45, 7) is 1.47. The molecular weight excluding hydrogens is 320 g/mol. The van der Waals surface area contributed by atoms with Crippen LogP contribution in [0.25, 0.3) is 0 Å². The van der Waals surface area contributed by atoms with Crippen LogP contribution in [0.2, 0.25) is 0 Å². The number of rotatable bonds is 6. The minimum Gasteiger partial charge on any atom is -0.379 e. The Morgan fingerprint density at radius 2 is 2.09 bits per heavy atom. The van der Waals surface area contributed by atoms with Gasteiger partial charge in [0.25, 0.3) is 0 Å². The Balaban J connectivity index is 1.77. The summed E-state index contributed by atoms with van der Waals surface area (Å²) in [4.78, 5) is 14.0. The molecule has 128 valence electrons. The number of carbonyl (C=O) groups is 1. The molecule has 1 aliphatic carbocycles. The van der Waals surface area contributed by atoms with E-state index in [2.05, 4.69) is 10.3 Å². The Hall–Kier alpha value is -1.48. The molecule has 1 amide bonds. The lowest BCUT2D eigenvalue weighted by Crippen LogP contribution is -2.44. The summed E-state index contributed by atoms with van der Waals surface area (Å²) in [7, 11) is -1.54. The van der Waals surface area contributed by atoms with E-state index in [1.165, 1.54) is 12.8 Å². The van der Waals surface area contributed by atoms with Gasteiger partial charge in [0.15, 0.2) is 9.84 Å². The van der Waals surface area contributed by atoms with Crippen LogP contribution in [-0.4, -0.2) is 66.0 Å². The van der Waals surface area contributed by atoms with Crippen molar-refractivity contribution in [2.24, 2.45) is 13.0 Å². The number of ether oxygens (including phenoxy) is 1. The topological polar surface area (TPSA) is 94.4 Å². The van der Waals surface area contributed by atoms with Crippen LogP contribution in [0.4, 0.5) is 0 Å². The summed E-state index contributed by atoms with van der Waals surface area (Å²) < 4.78 is 30.3. The molecule has 0 spiro atoms. The summed E-state index contributed by atoms with van der Waals surface area (Å²) in [5, 5.41) is 8.20. The molecule has 1 fully saturated rings. The van der Waals surface area contributed by atoms with Crippen molar-refractivity contribution in [3.05, 3.63) is 11.4 Å². The smallest absolute Gasteiger partial charge is 0.238 e. The van der Waals surface area contributed by atoms with Crippen molar-refractivity contribution >= 4 is 15.7 Å². The van der Waals surface area contributed by atoms with Crippen LogP contribution in [-0.2, 0) is 32.8 Å². The zero-order valence-corrected chi connectivity index (χ0v) is 14.3. The number of carbonyl (C=O) groups excluding carboxylic acids is 1. The first-order chi connectivity index (χ1) is 10.8. The normalized spacial score (nSPS) is 21.3. The fraction of sp³-hybridized carbons (Fsp3) is 0.786. The molecule has 1 aromatic rings. The lowest BCUT2D eigenvalue weighted by molar-refractivity contribution is -0.133. The number of nitrogens with zero attached hydrogens (tertiary/aromatic N) is 4. The first kappa shape index (κ1) is 16.4. The highest BCUT2D eigenvalue weighted by atomic mass is 32.2. The molecule has 0 radical (unpaired) electrons. The predicted molar refractivity (Wildman–Crippen MR) is 82.4 cm³/mol. The molecule has 0 N–H and O–H groups in total. The molecule has 23 heavy (non-hydrogen) atoms. The molecule has 1 aliphatic heterocycles. The number of amides is 1. The molecule has 1 unspecified atom stereocenters. The van der Waals surface area contributed by atoms with Crippen molar-refractivity contribution in [1.29, 1.82) is 0 Å². The van der Waals surface area contributed by atoms with Gasteiger partial charge in [0.1, 0.15) is 17.5 Å². The van der Waals surface area contributed by atoms with E-state index in [4.69, 9.17) is 4.74 Å². The van der Waals surface area contributed by atoms with Crippen LogP contribution < -0.4 is 0 Å². The molecule has 9 heteroatoms. The maximum Gasteiger partial charge on any atom is 0.238 e. The molecule has 1 atom stereocenters. The third kappa shape index (κ3) is 3.89. The molecule has 0 saturated heterocycles. The fourth-order valence-electron chi connectivity index (χ4n) is 2.88. The highest BCUT2D eigenvalue weighted by Crippen LogP contribution is 2.31. The van der Waals surface area contributed by atoms with E-state index in [9.17, 15) is 13.2 Å². The fourth-order valence-corrected chi connectivity index (χ4v) is 3.49. The van der Waals surface area contributed by atoms with Crippen LogP contribution in [0.3, 0.4) is 0 Å². The van der Waals surface area contributed by atoms with E-state index in [-0.39, 0.29) is 6.04 Å². The van der Waals surface area contributed by atoms with Crippen LogP contribution in [0.15, 0.2) is 0 Å². The zero-order chi connectivity index (χ0) is 16.6. The largest absolute Gasteiger partial charge is 0.379 e. The monoisotopic (exact) mass is 342 g/mol. The molecule has 0 bridgehead atoms. The first-order valence-corrected chi connectivity index (χ1v) is 9.84. The molecular formula is C14H22N4O4S. The van der Waals surface area contributed by atoms with Crippen molar-refractivity contribution in [1.82, 2.24) is 19.9 Å². The van der Waals surface area contributed by atoms with Crippen molar-refractivity contribution in [3.63, 3.8) is 0 Å². The minimum atomic E-state index is -3.37. The number of fused-ring (bicyclic) bond motifs is 1. The number of hydrogen-bond donors (Lipinski definition) is 0. The van der Waals surface area contributed by atoms with Crippen LogP contribution >= 0.6 is 0 Å². The van der Waals surface area contributed by atoms with Gasteiger partial charge >= 0.3 is 0 Å². The summed E-state index contributed by atoms with van der Waals surface area (Å²) >= 11 is 0. The van der Waals surface area contributed by atoms with Gasteiger partial charge in [0.05, 0.1) is 12.3 Å². The van der Waals surface area contributed by atoms with Gasteiger partial charge in [0.2, 0.25) is 5.91 Å². The molecule has 0 aromatic carbocycles. The minimum absolute atomic E-state index is 0.331. The lowest BCUT2D eigenvalue weighted by Gasteiger charge is -2.34. The Bertz CT molecular complexity index is 696. The van der Waals surface area contributed by atoms with Gasteiger partial charge in [-0.1, -0.05) is 5.21 Å².